The Morgan fingerprint density at radius 2 is 1.54 bits per heavy atom. The van der Waals surface area contributed by atoms with Crippen LogP contribution in [-0.2, 0) is 6.54 Å². The number of piperazine rings is 1. The normalized spacial score (nSPS) is 15.0. The van der Waals surface area contributed by atoms with Crippen LogP contribution in [0, 0.1) is 0 Å². The van der Waals surface area contributed by atoms with Crippen molar-refractivity contribution < 1.29 is 14.2 Å². The molecule has 0 amide bonds. The molecule has 0 atom stereocenters. The Bertz CT molecular complexity index is 690. The van der Waals surface area contributed by atoms with Crippen molar-refractivity contribution in [3.8, 4) is 17.2 Å². The predicted octanol–water partition coefficient (Wildman–Crippen LogP) is 3.42. The summed E-state index contributed by atoms with van der Waals surface area (Å²) in [5, 5.41) is 0. The highest BCUT2D eigenvalue weighted by molar-refractivity contribution is 5.58. The van der Waals surface area contributed by atoms with Crippen molar-refractivity contribution in [3.63, 3.8) is 0 Å². The summed E-state index contributed by atoms with van der Waals surface area (Å²) in [6.07, 6.45) is 0. The lowest BCUT2D eigenvalue weighted by Gasteiger charge is -2.36. The summed E-state index contributed by atoms with van der Waals surface area (Å²) < 4.78 is 16.5. The van der Waals surface area contributed by atoms with E-state index in [0.29, 0.717) is 6.61 Å². The van der Waals surface area contributed by atoms with E-state index in [-0.39, 0.29) is 0 Å². The van der Waals surface area contributed by atoms with Gasteiger partial charge in [-0.3, -0.25) is 4.90 Å². The molecular formula is C21H28N2O3. The first-order valence-corrected chi connectivity index (χ1v) is 9.14. The maximum Gasteiger partial charge on any atom is 0.142 e. The van der Waals surface area contributed by atoms with Gasteiger partial charge in [-0.1, -0.05) is 12.1 Å². The Kier molecular flexibility index (Phi) is 6.23. The zero-order valence-corrected chi connectivity index (χ0v) is 15.9. The molecule has 5 heteroatoms. The van der Waals surface area contributed by atoms with Gasteiger partial charge in [-0.05, 0) is 36.8 Å². The Labute approximate surface area is 156 Å². The number of ether oxygens (including phenoxy) is 3. The van der Waals surface area contributed by atoms with Crippen LogP contribution in [0.2, 0.25) is 0 Å². The van der Waals surface area contributed by atoms with Gasteiger partial charge in [-0.2, -0.15) is 0 Å². The van der Waals surface area contributed by atoms with Crippen LogP contribution in [0.25, 0.3) is 0 Å². The van der Waals surface area contributed by atoms with E-state index in [0.717, 1.165) is 50.0 Å². The molecule has 0 radical (unpaired) electrons. The maximum atomic E-state index is 5.78. The zero-order chi connectivity index (χ0) is 18.4. The van der Waals surface area contributed by atoms with Gasteiger partial charge in [0, 0.05) is 38.8 Å². The van der Waals surface area contributed by atoms with Gasteiger partial charge in [-0.15, -0.1) is 0 Å². The van der Waals surface area contributed by atoms with Gasteiger partial charge in [0.1, 0.15) is 17.2 Å². The Morgan fingerprint density at radius 1 is 0.885 bits per heavy atom. The van der Waals surface area contributed by atoms with Crippen molar-refractivity contribution >= 4 is 5.69 Å². The summed E-state index contributed by atoms with van der Waals surface area (Å²) in [7, 11) is 3.38. The standard InChI is InChI=1S/C21H28N2O3/c1-4-26-21-8-6-5-7-20(21)23-11-9-22(10-12-23)16-17-13-18(24-2)15-19(14-17)25-3/h5-8,13-15H,4,9-12,16H2,1-3H3. The van der Waals surface area contributed by atoms with Crippen molar-refractivity contribution in [1.82, 2.24) is 4.90 Å². The lowest BCUT2D eigenvalue weighted by molar-refractivity contribution is 0.248. The highest BCUT2D eigenvalue weighted by Gasteiger charge is 2.20. The number of methoxy groups -OCH3 is 2. The number of nitrogens with zero attached hydrogens (tertiary/aromatic N) is 2. The van der Waals surface area contributed by atoms with E-state index in [1.165, 1.54) is 11.3 Å². The summed E-state index contributed by atoms with van der Waals surface area (Å²) >= 11 is 0. The SMILES string of the molecule is CCOc1ccccc1N1CCN(Cc2cc(OC)cc(OC)c2)CC1. The molecule has 26 heavy (non-hydrogen) atoms. The van der Waals surface area contributed by atoms with Crippen LogP contribution in [0.15, 0.2) is 42.5 Å². The van der Waals surface area contributed by atoms with Crippen LogP contribution in [0.5, 0.6) is 17.2 Å². The number of anilines is 1. The summed E-state index contributed by atoms with van der Waals surface area (Å²) in [4.78, 5) is 4.88. The van der Waals surface area contributed by atoms with Gasteiger partial charge in [0.15, 0.2) is 0 Å². The van der Waals surface area contributed by atoms with Crippen molar-refractivity contribution in [2.75, 3.05) is 51.9 Å². The van der Waals surface area contributed by atoms with Crippen molar-refractivity contribution in [2.45, 2.75) is 13.5 Å². The highest BCUT2D eigenvalue weighted by atomic mass is 16.5. The minimum Gasteiger partial charge on any atom is -0.497 e. The van der Waals surface area contributed by atoms with Crippen LogP contribution in [0.1, 0.15) is 12.5 Å². The third-order valence-electron chi connectivity index (χ3n) is 4.70. The molecule has 140 valence electrons. The molecule has 2 aromatic rings. The summed E-state index contributed by atoms with van der Waals surface area (Å²) in [6, 6.07) is 14.4. The number of hydrogen-bond donors (Lipinski definition) is 0. The van der Waals surface area contributed by atoms with E-state index in [4.69, 9.17) is 14.2 Å². The molecule has 3 rings (SSSR count). The van der Waals surface area contributed by atoms with E-state index in [9.17, 15) is 0 Å². The van der Waals surface area contributed by atoms with Crippen molar-refractivity contribution in [1.29, 1.82) is 0 Å². The molecule has 1 aliphatic rings. The van der Waals surface area contributed by atoms with Crippen LogP contribution in [0.3, 0.4) is 0 Å². The van der Waals surface area contributed by atoms with Gasteiger partial charge in [0.25, 0.3) is 0 Å². The topological polar surface area (TPSA) is 34.2 Å². The van der Waals surface area contributed by atoms with Gasteiger partial charge in [0.2, 0.25) is 0 Å². The Balaban J connectivity index is 1.63. The van der Waals surface area contributed by atoms with Gasteiger partial charge >= 0.3 is 0 Å². The molecule has 1 aliphatic heterocycles. The average Bonchev–Trinajstić information content (AvgIpc) is 2.69. The number of para-hydroxylation sites is 2. The second-order valence-corrected chi connectivity index (χ2v) is 6.38. The number of rotatable bonds is 7. The predicted molar refractivity (Wildman–Crippen MR) is 105 cm³/mol. The van der Waals surface area contributed by atoms with E-state index in [1.807, 2.05) is 25.1 Å². The second kappa shape index (κ2) is 8.81. The molecular weight excluding hydrogens is 328 g/mol. The minimum atomic E-state index is 0.689. The number of hydrogen-bond acceptors (Lipinski definition) is 5. The molecule has 0 N–H and O–H groups in total. The third-order valence-corrected chi connectivity index (χ3v) is 4.70. The summed E-state index contributed by atoms with van der Waals surface area (Å²) in [5.74, 6) is 2.65. The first-order valence-electron chi connectivity index (χ1n) is 9.14. The molecule has 0 saturated carbocycles. The third kappa shape index (κ3) is 4.41. The van der Waals surface area contributed by atoms with Gasteiger partial charge in [-0.25, -0.2) is 0 Å². The van der Waals surface area contributed by atoms with Crippen LogP contribution < -0.4 is 19.1 Å². The van der Waals surface area contributed by atoms with Gasteiger partial charge < -0.3 is 19.1 Å². The van der Waals surface area contributed by atoms with Crippen molar-refractivity contribution in [2.24, 2.45) is 0 Å². The zero-order valence-electron chi connectivity index (χ0n) is 15.9. The van der Waals surface area contributed by atoms with Crippen LogP contribution >= 0.6 is 0 Å². The molecule has 1 heterocycles. The fourth-order valence-corrected chi connectivity index (χ4v) is 3.36. The lowest BCUT2D eigenvalue weighted by atomic mass is 10.1. The maximum absolute atomic E-state index is 5.78. The monoisotopic (exact) mass is 356 g/mol. The Hall–Kier alpha value is -2.40. The minimum absolute atomic E-state index is 0.689. The second-order valence-electron chi connectivity index (χ2n) is 6.38. The van der Waals surface area contributed by atoms with Gasteiger partial charge in [0.05, 0.1) is 26.5 Å². The molecule has 2 aromatic carbocycles. The molecule has 0 spiro atoms. The smallest absolute Gasteiger partial charge is 0.142 e. The molecule has 0 aromatic heterocycles. The van der Waals surface area contributed by atoms with Crippen LogP contribution in [0.4, 0.5) is 5.69 Å². The summed E-state index contributed by atoms with van der Waals surface area (Å²) in [5.41, 5.74) is 2.40. The fraction of sp³-hybridized carbons (Fsp3) is 0.429. The first kappa shape index (κ1) is 18.4. The van der Waals surface area contributed by atoms with Crippen LogP contribution in [-0.4, -0.2) is 51.9 Å². The fourth-order valence-electron chi connectivity index (χ4n) is 3.36. The molecule has 1 saturated heterocycles. The summed E-state index contributed by atoms with van der Waals surface area (Å²) in [6.45, 7) is 7.62. The highest BCUT2D eigenvalue weighted by Crippen LogP contribution is 2.29. The van der Waals surface area contributed by atoms with E-state index < -0.39 is 0 Å². The molecule has 0 bridgehead atoms. The average molecular weight is 356 g/mol. The van der Waals surface area contributed by atoms with E-state index >= 15 is 0 Å². The molecule has 1 fully saturated rings. The first-order chi connectivity index (χ1) is 12.7. The molecule has 5 nitrogen and oxygen atoms in total. The largest absolute Gasteiger partial charge is 0.497 e. The number of benzene rings is 2. The van der Waals surface area contributed by atoms with E-state index in [1.54, 1.807) is 14.2 Å². The van der Waals surface area contributed by atoms with E-state index in [2.05, 4.69) is 34.1 Å². The quantitative estimate of drug-likeness (QED) is 0.759. The Morgan fingerprint density at radius 3 is 2.15 bits per heavy atom. The molecule has 0 unspecified atom stereocenters. The van der Waals surface area contributed by atoms with Crippen molar-refractivity contribution in [3.05, 3.63) is 48.0 Å². The molecule has 0 aliphatic carbocycles. The lowest BCUT2D eigenvalue weighted by Crippen LogP contribution is -2.46.